The van der Waals surface area contributed by atoms with Crippen molar-refractivity contribution in [2.75, 3.05) is 6.61 Å². The lowest BCUT2D eigenvalue weighted by atomic mass is 9.71. The van der Waals surface area contributed by atoms with Crippen LogP contribution in [0.5, 0.6) is 0 Å². The van der Waals surface area contributed by atoms with Crippen LogP contribution in [0.4, 0.5) is 0 Å². The Morgan fingerprint density at radius 2 is 2.07 bits per heavy atom. The highest BCUT2D eigenvalue weighted by Gasteiger charge is 2.32. The van der Waals surface area contributed by atoms with Gasteiger partial charge in [-0.25, -0.2) is 0 Å². The third-order valence-corrected chi connectivity index (χ3v) is 2.87. The highest BCUT2D eigenvalue weighted by atomic mass is 16.5. The van der Waals surface area contributed by atoms with Gasteiger partial charge < -0.3 is 4.74 Å². The van der Waals surface area contributed by atoms with Crippen molar-refractivity contribution in [1.82, 2.24) is 0 Å². The first-order valence-electron chi connectivity index (χ1n) is 5.50. The fourth-order valence-electron chi connectivity index (χ4n) is 2.62. The summed E-state index contributed by atoms with van der Waals surface area (Å²) in [5.41, 5.74) is 0.374. The Morgan fingerprint density at radius 1 is 1.43 bits per heavy atom. The third-order valence-electron chi connectivity index (χ3n) is 2.87. The van der Waals surface area contributed by atoms with Gasteiger partial charge in [0, 0.05) is 0 Å². The smallest absolute Gasteiger partial charge is 0.155 e. The predicted molar refractivity (Wildman–Crippen MR) is 57.2 cm³/mol. The molecule has 82 valence electrons. The molecule has 2 heteroatoms. The maximum absolute atomic E-state index is 10.8. The number of ether oxygens (including phenoxy) is 1. The van der Waals surface area contributed by atoms with Gasteiger partial charge in [-0.2, -0.15) is 0 Å². The van der Waals surface area contributed by atoms with Gasteiger partial charge in [-0.05, 0) is 37.5 Å². The second-order valence-corrected chi connectivity index (χ2v) is 5.55. The Kier molecular flexibility index (Phi) is 3.71. The van der Waals surface area contributed by atoms with E-state index in [-0.39, 0.29) is 18.5 Å². The minimum Gasteiger partial charge on any atom is -0.370 e. The summed E-state index contributed by atoms with van der Waals surface area (Å²) in [6.45, 7) is 8.70. The SMILES string of the molecule is CC(=O)COC1CC(C)CC(C)(C)C1. The van der Waals surface area contributed by atoms with Crippen LogP contribution in [-0.4, -0.2) is 18.5 Å². The number of hydrogen-bond donors (Lipinski definition) is 0. The van der Waals surface area contributed by atoms with Gasteiger partial charge in [0.25, 0.3) is 0 Å². The Bertz CT molecular complexity index is 208. The summed E-state index contributed by atoms with van der Waals surface area (Å²) in [5, 5.41) is 0. The lowest BCUT2D eigenvalue weighted by molar-refractivity contribution is -0.125. The largest absolute Gasteiger partial charge is 0.370 e. The second-order valence-electron chi connectivity index (χ2n) is 5.55. The summed E-state index contributed by atoms with van der Waals surface area (Å²) in [7, 11) is 0. The van der Waals surface area contributed by atoms with Crippen molar-refractivity contribution in [2.24, 2.45) is 11.3 Å². The van der Waals surface area contributed by atoms with E-state index >= 15 is 0 Å². The van der Waals surface area contributed by atoms with Crippen molar-refractivity contribution >= 4 is 5.78 Å². The first-order chi connectivity index (χ1) is 6.39. The van der Waals surface area contributed by atoms with Crippen molar-refractivity contribution in [3.63, 3.8) is 0 Å². The zero-order valence-electron chi connectivity index (χ0n) is 9.80. The lowest BCUT2D eigenvalue weighted by Gasteiger charge is -2.38. The molecule has 0 aromatic heterocycles. The van der Waals surface area contributed by atoms with Crippen LogP contribution in [0.1, 0.15) is 47.0 Å². The molecule has 0 N–H and O–H groups in total. The summed E-state index contributed by atoms with van der Waals surface area (Å²) in [6, 6.07) is 0. The highest BCUT2D eigenvalue weighted by Crippen LogP contribution is 2.39. The van der Waals surface area contributed by atoms with Crippen molar-refractivity contribution in [2.45, 2.75) is 53.1 Å². The summed E-state index contributed by atoms with van der Waals surface area (Å²) >= 11 is 0. The minimum absolute atomic E-state index is 0.126. The molecule has 1 rings (SSSR count). The first kappa shape index (κ1) is 11.7. The number of ketones is 1. The topological polar surface area (TPSA) is 26.3 Å². The number of carbonyl (C=O) groups excluding carboxylic acids is 1. The molecule has 14 heavy (non-hydrogen) atoms. The van der Waals surface area contributed by atoms with E-state index in [0.717, 1.165) is 18.8 Å². The number of Topliss-reactive ketones (excluding diaryl/α,β-unsaturated/α-hetero) is 1. The highest BCUT2D eigenvalue weighted by molar-refractivity contribution is 5.76. The molecule has 0 aromatic rings. The minimum atomic E-state index is 0.126. The Morgan fingerprint density at radius 3 is 2.57 bits per heavy atom. The van der Waals surface area contributed by atoms with E-state index in [2.05, 4.69) is 20.8 Å². The molecule has 0 heterocycles. The van der Waals surface area contributed by atoms with E-state index in [1.54, 1.807) is 6.92 Å². The van der Waals surface area contributed by atoms with E-state index in [1.165, 1.54) is 6.42 Å². The van der Waals surface area contributed by atoms with Crippen LogP contribution in [0.3, 0.4) is 0 Å². The van der Waals surface area contributed by atoms with Gasteiger partial charge in [0.05, 0.1) is 6.10 Å². The van der Waals surface area contributed by atoms with Crippen molar-refractivity contribution < 1.29 is 9.53 Å². The molecule has 0 bridgehead atoms. The van der Waals surface area contributed by atoms with Gasteiger partial charge in [-0.15, -0.1) is 0 Å². The summed E-state index contributed by atoms with van der Waals surface area (Å²) < 4.78 is 5.60. The van der Waals surface area contributed by atoms with Crippen LogP contribution in [0.25, 0.3) is 0 Å². The Balaban J connectivity index is 2.42. The summed E-state index contributed by atoms with van der Waals surface area (Å²) in [4.78, 5) is 10.8. The molecule has 2 atom stereocenters. The summed E-state index contributed by atoms with van der Waals surface area (Å²) in [5.74, 6) is 0.844. The molecule has 1 aliphatic carbocycles. The molecule has 1 fully saturated rings. The van der Waals surface area contributed by atoms with E-state index in [4.69, 9.17) is 4.74 Å². The van der Waals surface area contributed by atoms with Crippen molar-refractivity contribution in [3.8, 4) is 0 Å². The molecule has 1 aliphatic rings. The predicted octanol–water partition coefficient (Wildman–Crippen LogP) is 2.81. The average Bonchev–Trinajstić information content (AvgIpc) is 1.96. The molecule has 0 aliphatic heterocycles. The van der Waals surface area contributed by atoms with Crippen LogP contribution < -0.4 is 0 Å². The van der Waals surface area contributed by atoms with E-state index in [0.29, 0.717) is 5.41 Å². The van der Waals surface area contributed by atoms with Crippen LogP contribution in [-0.2, 0) is 9.53 Å². The zero-order chi connectivity index (χ0) is 10.8. The zero-order valence-corrected chi connectivity index (χ0v) is 9.80. The Labute approximate surface area is 87.0 Å². The van der Waals surface area contributed by atoms with Crippen LogP contribution in [0.15, 0.2) is 0 Å². The molecular formula is C12H22O2. The standard InChI is InChI=1S/C12H22O2/c1-9-5-11(14-8-10(2)13)7-12(3,4)6-9/h9,11H,5-8H2,1-4H3. The normalized spacial score (nSPS) is 31.4. The second kappa shape index (κ2) is 4.43. The quantitative estimate of drug-likeness (QED) is 0.697. The number of carbonyl (C=O) groups is 1. The van der Waals surface area contributed by atoms with Crippen molar-refractivity contribution in [3.05, 3.63) is 0 Å². The molecule has 1 saturated carbocycles. The van der Waals surface area contributed by atoms with Crippen LogP contribution in [0.2, 0.25) is 0 Å². The molecule has 0 spiro atoms. The van der Waals surface area contributed by atoms with Gasteiger partial charge in [0.15, 0.2) is 5.78 Å². The van der Waals surface area contributed by atoms with Gasteiger partial charge in [-0.3, -0.25) is 4.79 Å². The number of rotatable bonds is 3. The van der Waals surface area contributed by atoms with Gasteiger partial charge in [0.2, 0.25) is 0 Å². The van der Waals surface area contributed by atoms with Gasteiger partial charge in [0.1, 0.15) is 6.61 Å². The van der Waals surface area contributed by atoms with E-state index < -0.39 is 0 Å². The van der Waals surface area contributed by atoms with E-state index in [9.17, 15) is 4.79 Å². The molecule has 0 saturated heterocycles. The number of hydrogen-bond acceptors (Lipinski definition) is 2. The molecule has 0 amide bonds. The van der Waals surface area contributed by atoms with Gasteiger partial charge in [-0.1, -0.05) is 20.8 Å². The van der Waals surface area contributed by atoms with E-state index in [1.807, 2.05) is 0 Å². The lowest BCUT2D eigenvalue weighted by Crippen LogP contribution is -2.33. The monoisotopic (exact) mass is 198 g/mol. The third kappa shape index (κ3) is 3.79. The molecule has 2 unspecified atom stereocenters. The van der Waals surface area contributed by atoms with Gasteiger partial charge >= 0.3 is 0 Å². The maximum atomic E-state index is 10.8. The van der Waals surface area contributed by atoms with Crippen molar-refractivity contribution in [1.29, 1.82) is 0 Å². The molecule has 0 radical (unpaired) electrons. The molecular weight excluding hydrogens is 176 g/mol. The molecule has 0 aromatic carbocycles. The fourth-order valence-corrected chi connectivity index (χ4v) is 2.62. The summed E-state index contributed by atoms with van der Waals surface area (Å²) in [6.07, 6.45) is 3.76. The average molecular weight is 198 g/mol. The molecule has 2 nitrogen and oxygen atoms in total. The van der Waals surface area contributed by atoms with Crippen LogP contribution in [0, 0.1) is 11.3 Å². The Hall–Kier alpha value is -0.370. The fraction of sp³-hybridized carbons (Fsp3) is 0.917. The first-order valence-corrected chi connectivity index (χ1v) is 5.50. The van der Waals surface area contributed by atoms with Crippen LogP contribution >= 0.6 is 0 Å². The maximum Gasteiger partial charge on any atom is 0.155 e.